The topological polar surface area (TPSA) is 80.4 Å². The fourth-order valence-corrected chi connectivity index (χ4v) is 1.40. The zero-order valence-electron chi connectivity index (χ0n) is 8.31. The summed E-state index contributed by atoms with van der Waals surface area (Å²) in [6, 6.07) is 2.68. The maximum Gasteiger partial charge on any atom is 0.328 e. The van der Waals surface area contributed by atoms with E-state index < -0.39 is 10.9 Å². The lowest BCUT2D eigenvalue weighted by Gasteiger charge is -2.01. The highest BCUT2D eigenvalue weighted by atomic mass is 35.5. The first kappa shape index (κ1) is 12.2. The molecule has 0 unspecified atom stereocenters. The summed E-state index contributed by atoms with van der Waals surface area (Å²) in [5.74, 6) is -1.09. The van der Waals surface area contributed by atoms with Crippen molar-refractivity contribution < 1.29 is 14.8 Å². The molecule has 5 nitrogen and oxygen atoms in total. The van der Waals surface area contributed by atoms with Gasteiger partial charge in [-0.1, -0.05) is 11.6 Å². The van der Waals surface area contributed by atoms with Crippen LogP contribution in [0.5, 0.6) is 0 Å². The standard InChI is InChI=1S/C10H8ClNO4/c1-6-4-9(12(15)16)8(11)5-7(6)2-3-10(13)14/h2-5H,1H3,(H,13,14)/b3-2+. The predicted octanol–water partition coefficient (Wildman–Crippen LogP) is 2.65. The molecular formula is C10H8ClNO4. The van der Waals surface area contributed by atoms with Gasteiger partial charge < -0.3 is 5.11 Å². The van der Waals surface area contributed by atoms with Crippen molar-refractivity contribution in [3.8, 4) is 0 Å². The summed E-state index contributed by atoms with van der Waals surface area (Å²) < 4.78 is 0. The average molecular weight is 242 g/mol. The molecule has 1 N–H and O–H groups in total. The fourth-order valence-electron chi connectivity index (χ4n) is 1.16. The van der Waals surface area contributed by atoms with Crippen LogP contribution in [0.25, 0.3) is 6.08 Å². The first-order valence-electron chi connectivity index (χ1n) is 4.27. The third kappa shape index (κ3) is 2.80. The average Bonchev–Trinajstić information content (AvgIpc) is 2.18. The molecule has 0 aliphatic heterocycles. The zero-order valence-corrected chi connectivity index (χ0v) is 9.06. The molecule has 0 aliphatic carbocycles. The van der Waals surface area contributed by atoms with E-state index in [-0.39, 0.29) is 10.7 Å². The van der Waals surface area contributed by atoms with E-state index in [1.807, 2.05) is 0 Å². The number of carbonyl (C=O) groups is 1. The number of aliphatic carboxylic acids is 1. The van der Waals surface area contributed by atoms with Crippen LogP contribution in [-0.4, -0.2) is 16.0 Å². The van der Waals surface area contributed by atoms with Gasteiger partial charge in [-0.3, -0.25) is 10.1 Å². The van der Waals surface area contributed by atoms with Crippen molar-refractivity contribution in [1.29, 1.82) is 0 Å². The lowest BCUT2D eigenvalue weighted by Crippen LogP contribution is -1.92. The van der Waals surface area contributed by atoms with Gasteiger partial charge in [0.2, 0.25) is 0 Å². The van der Waals surface area contributed by atoms with Crippen LogP contribution in [0, 0.1) is 17.0 Å². The molecule has 16 heavy (non-hydrogen) atoms. The van der Waals surface area contributed by atoms with E-state index >= 15 is 0 Å². The van der Waals surface area contributed by atoms with Crippen LogP contribution < -0.4 is 0 Å². The van der Waals surface area contributed by atoms with Crippen LogP contribution in [0.2, 0.25) is 5.02 Å². The number of rotatable bonds is 3. The minimum atomic E-state index is -1.09. The van der Waals surface area contributed by atoms with Gasteiger partial charge in [0.15, 0.2) is 0 Å². The number of nitro groups is 1. The van der Waals surface area contributed by atoms with E-state index in [1.54, 1.807) is 6.92 Å². The molecule has 1 rings (SSSR count). The SMILES string of the molecule is Cc1cc([N+](=O)[O-])c(Cl)cc1/C=C/C(=O)O. The number of aryl methyl sites for hydroxylation is 1. The van der Waals surface area contributed by atoms with E-state index in [0.29, 0.717) is 11.1 Å². The Kier molecular flexibility index (Phi) is 3.63. The van der Waals surface area contributed by atoms with E-state index in [1.165, 1.54) is 18.2 Å². The minimum absolute atomic E-state index is 0.0133. The van der Waals surface area contributed by atoms with Crippen molar-refractivity contribution in [2.75, 3.05) is 0 Å². The Bertz CT molecular complexity index is 482. The molecule has 0 atom stereocenters. The Balaban J connectivity index is 3.20. The second kappa shape index (κ2) is 4.76. The second-order valence-electron chi connectivity index (χ2n) is 3.09. The van der Waals surface area contributed by atoms with Crippen LogP contribution in [0.15, 0.2) is 18.2 Å². The van der Waals surface area contributed by atoms with E-state index in [9.17, 15) is 14.9 Å². The van der Waals surface area contributed by atoms with Crippen molar-refractivity contribution in [3.63, 3.8) is 0 Å². The summed E-state index contributed by atoms with van der Waals surface area (Å²) in [5.41, 5.74) is 0.943. The summed E-state index contributed by atoms with van der Waals surface area (Å²) in [5, 5.41) is 19.0. The molecule has 0 saturated carbocycles. The highest BCUT2D eigenvalue weighted by Gasteiger charge is 2.13. The van der Waals surface area contributed by atoms with Crippen molar-refractivity contribution in [3.05, 3.63) is 44.5 Å². The molecule has 0 fully saturated rings. The molecule has 0 aromatic heterocycles. The molecule has 0 heterocycles. The van der Waals surface area contributed by atoms with Crippen molar-refractivity contribution in [2.24, 2.45) is 0 Å². The summed E-state index contributed by atoms with van der Waals surface area (Å²) >= 11 is 5.69. The highest BCUT2D eigenvalue weighted by molar-refractivity contribution is 6.32. The van der Waals surface area contributed by atoms with Gasteiger partial charge in [-0.15, -0.1) is 0 Å². The summed E-state index contributed by atoms with van der Waals surface area (Å²) in [6.07, 6.45) is 2.29. The second-order valence-corrected chi connectivity index (χ2v) is 3.50. The third-order valence-corrected chi connectivity index (χ3v) is 2.24. The quantitative estimate of drug-likeness (QED) is 0.501. The van der Waals surface area contributed by atoms with E-state index in [2.05, 4.69) is 0 Å². The summed E-state index contributed by atoms with van der Waals surface area (Å²) in [6.45, 7) is 1.64. The molecule has 0 aliphatic rings. The van der Waals surface area contributed by atoms with Crippen LogP contribution in [0.1, 0.15) is 11.1 Å². The molecule has 0 spiro atoms. The smallest absolute Gasteiger partial charge is 0.328 e. The highest BCUT2D eigenvalue weighted by Crippen LogP contribution is 2.28. The molecule has 0 radical (unpaired) electrons. The molecule has 0 bridgehead atoms. The van der Waals surface area contributed by atoms with Crippen molar-refractivity contribution >= 4 is 29.3 Å². The van der Waals surface area contributed by atoms with E-state index in [4.69, 9.17) is 16.7 Å². The first-order valence-corrected chi connectivity index (χ1v) is 4.65. The Morgan fingerprint density at radius 2 is 2.19 bits per heavy atom. The Morgan fingerprint density at radius 3 is 2.69 bits per heavy atom. The number of nitrogens with zero attached hydrogens (tertiary/aromatic N) is 1. The Hall–Kier alpha value is -1.88. The zero-order chi connectivity index (χ0) is 12.3. The van der Waals surface area contributed by atoms with E-state index in [0.717, 1.165) is 6.08 Å². The molecular weight excluding hydrogens is 234 g/mol. The van der Waals surface area contributed by atoms with Crippen molar-refractivity contribution in [2.45, 2.75) is 6.92 Å². The maximum absolute atomic E-state index is 10.6. The van der Waals surface area contributed by atoms with Crippen LogP contribution in [0.4, 0.5) is 5.69 Å². The first-order chi connectivity index (χ1) is 7.41. The molecule has 1 aromatic carbocycles. The summed E-state index contributed by atoms with van der Waals surface area (Å²) in [7, 11) is 0. The number of halogens is 1. The van der Waals surface area contributed by atoms with Gasteiger partial charge in [-0.05, 0) is 30.2 Å². The number of benzene rings is 1. The van der Waals surface area contributed by atoms with Gasteiger partial charge >= 0.3 is 5.97 Å². The predicted molar refractivity (Wildman–Crippen MR) is 59.5 cm³/mol. The number of hydrogen-bond acceptors (Lipinski definition) is 3. The molecule has 6 heteroatoms. The number of nitro benzene ring substituents is 1. The molecule has 0 amide bonds. The molecule has 84 valence electrons. The largest absolute Gasteiger partial charge is 0.478 e. The van der Waals surface area contributed by atoms with Gasteiger partial charge in [0, 0.05) is 12.1 Å². The van der Waals surface area contributed by atoms with Gasteiger partial charge in [0.25, 0.3) is 5.69 Å². The Morgan fingerprint density at radius 1 is 1.56 bits per heavy atom. The lowest BCUT2D eigenvalue weighted by molar-refractivity contribution is -0.384. The molecule has 0 saturated heterocycles. The van der Waals surface area contributed by atoms with Crippen LogP contribution in [0.3, 0.4) is 0 Å². The number of carboxylic acid groups (broad SMARTS) is 1. The number of hydrogen-bond donors (Lipinski definition) is 1. The van der Waals surface area contributed by atoms with Gasteiger partial charge in [-0.25, -0.2) is 4.79 Å². The summed E-state index contributed by atoms with van der Waals surface area (Å²) in [4.78, 5) is 20.3. The number of carboxylic acids is 1. The van der Waals surface area contributed by atoms with Crippen LogP contribution >= 0.6 is 11.6 Å². The Labute approximate surface area is 96.1 Å². The lowest BCUT2D eigenvalue weighted by atomic mass is 10.1. The minimum Gasteiger partial charge on any atom is -0.478 e. The monoisotopic (exact) mass is 241 g/mol. The normalized spacial score (nSPS) is 10.6. The van der Waals surface area contributed by atoms with Gasteiger partial charge in [0.1, 0.15) is 5.02 Å². The molecule has 1 aromatic rings. The van der Waals surface area contributed by atoms with Crippen LogP contribution in [-0.2, 0) is 4.79 Å². The fraction of sp³-hybridized carbons (Fsp3) is 0.100. The van der Waals surface area contributed by atoms with Crippen molar-refractivity contribution in [1.82, 2.24) is 0 Å². The van der Waals surface area contributed by atoms with Gasteiger partial charge in [0.05, 0.1) is 4.92 Å². The maximum atomic E-state index is 10.6. The van der Waals surface area contributed by atoms with Gasteiger partial charge in [-0.2, -0.15) is 0 Å². The third-order valence-electron chi connectivity index (χ3n) is 1.94.